The third-order valence-electron chi connectivity index (χ3n) is 5.34. The molecule has 0 saturated heterocycles. The zero-order chi connectivity index (χ0) is 21.5. The number of hydrogen-bond donors (Lipinski definition) is 0. The molecule has 3 rings (SSSR count). The van der Waals surface area contributed by atoms with Crippen molar-refractivity contribution in [3.8, 4) is 0 Å². The first-order chi connectivity index (χ1) is 14.5. The molecule has 0 radical (unpaired) electrons. The van der Waals surface area contributed by atoms with Gasteiger partial charge in [-0.25, -0.2) is 0 Å². The van der Waals surface area contributed by atoms with E-state index in [-0.39, 0.29) is 11.6 Å². The van der Waals surface area contributed by atoms with Gasteiger partial charge in [0.15, 0.2) is 6.29 Å². The molecule has 0 N–H and O–H groups in total. The van der Waals surface area contributed by atoms with Crippen LogP contribution in [-0.2, 0) is 20.6 Å². The summed E-state index contributed by atoms with van der Waals surface area (Å²) in [7, 11) is -2.68. The zero-order valence-electron chi connectivity index (χ0n) is 18.0. The Labute approximate surface area is 180 Å². The monoisotopic (exact) mass is 418 g/mol. The summed E-state index contributed by atoms with van der Waals surface area (Å²) in [4.78, 5) is 11.8. The molecule has 0 fully saturated rings. The van der Waals surface area contributed by atoms with Gasteiger partial charge in [-0.05, 0) is 21.0 Å². The first kappa shape index (κ1) is 22.2. The van der Waals surface area contributed by atoms with Crippen molar-refractivity contribution < 1.29 is 14.0 Å². The molecule has 3 aromatic carbocycles. The molecule has 0 aromatic heterocycles. The van der Waals surface area contributed by atoms with Crippen molar-refractivity contribution in [1.82, 2.24) is 0 Å². The summed E-state index contributed by atoms with van der Waals surface area (Å²) in [5.74, 6) is 0. The number of hydrogen-bond acceptors (Lipinski definition) is 3. The van der Waals surface area contributed by atoms with Gasteiger partial charge in [0, 0.05) is 0 Å². The van der Waals surface area contributed by atoms with Crippen LogP contribution >= 0.6 is 0 Å². The Kier molecular flexibility index (Phi) is 7.37. The average molecular weight is 419 g/mol. The molecule has 0 aliphatic rings. The molecular weight excluding hydrogens is 388 g/mol. The van der Waals surface area contributed by atoms with Crippen LogP contribution in [0.3, 0.4) is 0 Å². The van der Waals surface area contributed by atoms with Gasteiger partial charge in [0.2, 0.25) is 0 Å². The molecule has 0 saturated carbocycles. The van der Waals surface area contributed by atoms with Gasteiger partial charge in [-0.1, -0.05) is 112 Å². The maximum atomic E-state index is 11.8. The Balaban J connectivity index is 1.89. The Hall–Kier alpha value is -2.53. The van der Waals surface area contributed by atoms with Crippen LogP contribution in [-0.4, -0.2) is 27.3 Å². The number of aldehydes is 1. The Morgan fingerprint density at radius 2 is 1.27 bits per heavy atom. The smallest absolute Gasteiger partial charge is 0.261 e. The van der Waals surface area contributed by atoms with Gasteiger partial charge < -0.3 is 14.0 Å². The highest BCUT2D eigenvalue weighted by atomic mass is 28.4. The lowest BCUT2D eigenvalue weighted by Gasteiger charge is -2.43. The summed E-state index contributed by atoms with van der Waals surface area (Å²) in [5, 5.41) is 2.25. The van der Waals surface area contributed by atoms with Crippen LogP contribution in [0.5, 0.6) is 0 Å². The van der Waals surface area contributed by atoms with Gasteiger partial charge in [-0.3, -0.25) is 0 Å². The number of ether oxygens (including phenoxy) is 1. The molecule has 156 valence electrons. The van der Waals surface area contributed by atoms with Gasteiger partial charge in [0.1, 0.15) is 6.10 Å². The van der Waals surface area contributed by atoms with E-state index in [1.165, 1.54) is 10.4 Å². The Morgan fingerprint density at radius 3 is 1.70 bits per heavy atom. The van der Waals surface area contributed by atoms with Gasteiger partial charge in [0.05, 0.1) is 13.2 Å². The van der Waals surface area contributed by atoms with Crippen LogP contribution in [0.25, 0.3) is 0 Å². The number of carbonyl (C=O) groups is 1. The minimum absolute atomic E-state index is 0.136. The summed E-state index contributed by atoms with van der Waals surface area (Å²) in [5.41, 5.74) is 1.04. The minimum Gasteiger partial charge on any atom is -0.404 e. The SMILES string of the molecule is CC(C)(C)[Si](OC[C@@H](C=O)OCc1ccccc1)(c1ccccc1)c1ccccc1. The summed E-state index contributed by atoms with van der Waals surface area (Å²) < 4.78 is 12.7. The second-order valence-corrected chi connectivity index (χ2v) is 12.8. The molecule has 0 spiro atoms. The first-order valence-electron chi connectivity index (χ1n) is 10.3. The first-order valence-corrected chi connectivity index (χ1v) is 12.2. The molecule has 0 aliphatic carbocycles. The maximum absolute atomic E-state index is 11.8. The highest BCUT2D eigenvalue weighted by Crippen LogP contribution is 2.36. The normalized spacial score (nSPS) is 13.0. The standard InChI is InChI=1S/C26H30O3Si/c1-26(2,3)30(24-15-9-5-10-16-24,25-17-11-6-12-18-25)29-21-23(19-27)28-20-22-13-7-4-8-14-22/h4-19,23H,20-21H2,1-3H3/t23-/m1/s1. The fourth-order valence-electron chi connectivity index (χ4n) is 3.87. The number of benzene rings is 3. The van der Waals surface area contributed by atoms with Crippen LogP contribution in [0.4, 0.5) is 0 Å². The third-order valence-corrected chi connectivity index (χ3v) is 10.3. The van der Waals surface area contributed by atoms with E-state index in [4.69, 9.17) is 9.16 Å². The van der Waals surface area contributed by atoms with Gasteiger partial charge >= 0.3 is 0 Å². The van der Waals surface area contributed by atoms with E-state index >= 15 is 0 Å². The molecular formula is C26H30O3Si. The maximum Gasteiger partial charge on any atom is 0.261 e. The molecule has 0 bridgehead atoms. The highest BCUT2D eigenvalue weighted by molar-refractivity contribution is 6.99. The lowest BCUT2D eigenvalue weighted by atomic mass is 10.2. The van der Waals surface area contributed by atoms with Crippen molar-refractivity contribution in [1.29, 1.82) is 0 Å². The van der Waals surface area contributed by atoms with E-state index < -0.39 is 14.4 Å². The van der Waals surface area contributed by atoms with Gasteiger partial charge in [0.25, 0.3) is 8.32 Å². The van der Waals surface area contributed by atoms with Crippen LogP contribution in [0.1, 0.15) is 26.3 Å². The number of carbonyl (C=O) groups excluding carboxylic acids is 1. The average Bonchev–Trinajstić information content (AvgIpc) is 2.77. The van der Waals surface area contributed by atoms with E-state index in [1.807, 2.05) is 42.5 Å². The number of rotatable bonds is 9. The Morgan fingerprint density at radius 1 is 0.800 bits per heavy atom. The topological polar surface area (TPSA) is 35.5 Å². The van der Waals surface area contributed by atoms with E-state index in [9.17, 15) is 4.79 Å². The largest absolute Gasteiger partial charge is 0.404 e. The molecule has 1 atom stereocenters. The molecule has 4 heteroatoms. The predicted molar refractivity (Wildman–Crippen MR) is 125 cm³/mol. The fraction of sp³-hybridized carbons (Fsp3) is 0.269. The van der Waals surface area contributed by atoms with E-state index in [2.05, 4.69) is 69.3 Å². The van der Waals surface area contributed by atoms with Crippen LogP contribution in [0, 0.1) is 0 Å². The molecule has 3 aromatic rings. The van der Waals surface area contributed by atoms with E-state index in [1.54, 1.807) is 0 Å². The second-order valence-electron chi connectivity index (χ2n) is 8.45. The van der Waals surface area contributed by atoms with E-state index in [0.29, 0.717) is 6.61 Å². The highest BCUT2D eigenvalue weighted by Gasteiger charge is 2.50. The van der Waals surface area contributed by atoms with Crippen molar-refractivity contribution in [2.75, 3.05) is 6.61 Å². The lowest BCUT2D eigenvalue weighted by molar-refractivity contribution is -0.120. The third kappa shape index (κ3) is 4.96. The summed E-state index contributed by atoms with van der Waals surface area (Å²) in [6.45, 7) is 7.28. The van der Waals surface area contributed by atoms with Gasteiger partial charge in [-0.2, -0.15) is 0 Å². The summed E-state index contributed by atoms with van der Waals surface area (Å²) in [6, 6.07) is 30.7. The predicted octanol–water partition coefficient (Wildman–Crippen LogP) is 4.35. The quantitative estimate of drug-likeness (QED) is 0.383. The van der Waals surface area contributed by atoms with Crippen LogP contribution in [0.2, 0.25) is 5.04 Å². The lowest BCUT2D eigenvalue weighted by Crippen LogP contribution is -2.67. The Bertz CT molecular complexity index is 866. The minimum atomic E-state index is -2.68. The molecule has 3 nitrogen and oxygen atoms in total. The van der Waals surface area contributed by atoms with Crippen molar-refractivity contribution in [3.63, 3.8) is 0 Å². The van der Waals surface area contributed by atoms with Crippen molar-refractivity contribution >= 4 is 25.0 Å². The molecule has 0 aliphatic heterocycles. The summed E-state index contributed by atoms with van der Waals surface area (Å²) >= 11 is 0. The summed E-state index contributed by atoms with van der Waals surface area (Å²) in [6.07, 6.45) is 0.229. The van der Waals surface area contributed by atoms with Crippen LogP contribution < -0.4 is 10.4 Å². The molecule has 30 heavy (non-hydrogen) atoms. The van der Waals surface area contributed by atoms with Crippen molar-refractivity contribution in [3.05, 3.63) is 96.6 Å². The van der Waals surface area contributed by atoms with Crippen LogP contribution in [0.15, 0.2) is 91.0 Å². The van der Waals surface area contributed by atoms with Crippen molar-refractivity contribution in [2.24, 2.45) is 0 Å². The second kappa shape index (κ2) is 9.98. The van der Waals surface area contributed by atoms with Gasteiger partial charge in [-0.15, -0.1) is 0 Å². The van der Waals surface area contributed by atoms with Crippen molar-refractivity contribution in [2.45, 2.75) is 38.5 Å². The fourth-order valence-corrected chi connectivity index (χ4v) is 8.44. The molecule has 0 amide bonds. The molecule has 0 heterocycles. The van der Waals surface area contributed by atoms with E-state index in [0.717, 1.165) is 11.8 Å². The zero-order valence-corrected chi connectivity index (χ0v) is 19.0. The molecule has 0 unspecified atom stereocenters.